The maximum absolute atomic E-state index is 12.8. The Morgan fingerprint density at radius 3 is 3.00 bits per heavy atom. The zero-order chi connectivity index (χ0) is 19.5. The summed E-state index contributed by atoms with van der Waals surface area (Å²) in [6.45, 7) is 5.75. The number of benzene rings is 1. The van der Waals surface area contributed by atoms with Gasteiger partial charge in [-0.1, -0.05) is 12.5 Å². The van der Waals surface area contributed by atoms with Gasteiger partial charge in [-0.3, -0.25) is 9.69 Å². The third-order valence-corrected chi connectivity index (χ3v) is 5.57. The number of hydrogen-bond donors (Lipinski definition) is 0. The van der Waals surface area contributed by atoms with Crippen LogP contribution in [-0.2, 0) is 6.61 Å². The number of aryl methyl sites for hydroxylation is 1. The number of carbonyl (C=O) groups excluding carboxylic acids is 1. The van der Waals surface area contributed by atoms with Crippen LogP contribution in [0.2, 0.25) is 0 Å². The number of rotatable bonds is 5. The van der Waals surface area contributed by atoms with Gasteiger partial charge in [-0.05, 0) is 44.0 Å². The van der Waals surface area contributed by atoms with Crippen molar-refractivity contribution in [2.24, 2.45) is 0 Å². The summed E-state index contributed by atoms with van der Waals surface area (Å²) in [5.41, 5.74) is 1.44. The van der Waals surface area contributed by atoms with E-state index in [2.05, 4.69) is 9.88 Å². The molecule has 2 fully saturated rings. The lowest BCUT2D eigenvalue weighted by Gasteiger charge is -2.43. The highest BCUT2D eigenvalue weighted by atomic mass is 16.5. The topological polar surface area (TPSA) is 68.0 Å². The number of nitrogens with zero attached hydrogens (tertiary/aromatic N) is 3. The number of oxazole rings is 1. The molecular formula is C21H27N3O4. The van der Waals surface area contributed by atoms with Gasteiger partial charge >= 0.3 is 0 Å². The van der Waals surface area contributed by atoms with Crippen LogP contribution < -0.4 is 9.47 Å². The van der Waals surface area contributed by atoms with Crippen molar-refractivity contribution >= 4 is 5.91 Å². The first-order chi connectivity index (χ1) is 13.6. The summed E-state index contributed by atoms with van der Waals surface area (Å²) in [5, 5.41) is 0. The lowest BCUT2D eigenvalue weighted by atomic mass is 9.99. The SMILES string of the molecule is COc1cc(C)ccc1OCc1nc(C(=O)N2CCN3CCCC[C@H]3C2)co1. The van der Waals surface area contributed by atoms with Crippen molar-refractivity contribution in [2.75, 3.05) is 33.3 Å². The Bertz CT molecular complexity index is 835. The van der Waals surface area contributed by atoms with E-state index in [0.29, 0.717) is 29.1 Å². The molecular weight excluding hydrogens is 358 g/mol. The van der Waals surface area contributed by atoms with Gasteiger partial charge in [0.1, 0.15) is 6.26 Å². The van der Waals surface area contributed by atoms with Gasteiger partial charge in [0.25, 0.3) is 5.91 Å². The molecule has 0 unspecified atom stereocenters. The van der Waals surface area contributed by atoms with E-state index in [9.17, 15) is 4.79 Å². The quantitative estimate of drug-likeness (QED) is 0.788. The third kappa shape index (κ3) is 3.99. The number of aromatic nitrogens is 1. The molecule has 150 valence electrons. The molecule has 0 bridgehead atoms. The predicted molar refractivity (Wildman–Crippen MR) is 104 cm³/mol. The molecule has 0 spiro atoms. The van der Waals surface area contributed by atoms with Crippen LogP contribution in [0, 0.1) is 6.92 Å². The summed E-state index contributed by atoms with van der Waals surface area (Å²) in [6.07, 6.45) is 5.11. The van der Waals surface area contributed by atoms with Crippen molar-refractivity contribution in [1.29, 1.82) is 0 Å². The summed E-state index contributed by atoms with van der Waals surface area (Å²) < 4.78 is 16.6. The first-order valence-corrected chi connectivity index (χ1v) is 9.89. The van der Waals surface area contributed by atoms with E-state index >= 15 is 0 Å². The first kappa shape index (κ1) is 18.8. The molecule has 2 aliphatic heterocycles. The lowest BCUT2D eigenvalue weighted by molar-refractivity contribution is 0.0368. The number of fused-ring (bicyclic) bond motifs is 1. The molecule has 1 aromatic carbocycles. The van der Waals surface area contributed by atoms with E-state index in [1.807, 2.05) is 30.0 Å². The van der Waals surface area contributed by atoms with Gasteiger partial charge in [-0.2, -0.15) is 0 Å². The number of hydrogen-bond acceptors (Lipinski definition) is 6. The summed E-state index contributed by atoms with van der Waals surface area (Å²) in [5.74, 6) is 1.59. The normalized spacial score (nSPS) is 19.9. The fraction of sp³-hybridized carbons (Fsp3) is 0.524. The molecule has 2 aromatic rings. The molecule has 7 nitrogen and oxygen atoms in total. The molecule has 0 N–H and O–H groups in total. The van der Waals surface area contributed by atoms with Gasteiger partial charge in [0.05, 0.1) is 7.11 Å². The average Bonchev–Trinajstić information content (AvgIpc) is 3.21. The molecule has 0 radical (unpaired) electrons. The van der Waals surface area contributed by atoms with Gasteiger partial charge in [0, 0.05) is 25.7 Å². The Morgan fingerprint density at radius 2 is 2.14 bits per heavy atom. The first-order valence-electron chi connectivity index (χ1n) is 9.89. The minimum Gasteiger partial charge on any atom is -0.493 e. The smallest absolute Gasteiger partial charge is 0.275 e. The Morgan fingerprint density at radius 1 is 1.25 bits per heavy atom. The standard InChI is InChI=1S/C21H27N3O4/c1-15-6-7-18(19(11-15)26-2)27-14-20-22-17(13-28-20)21(25)24-10-9-23-8-4-3-5-16(23)12-24/h6-7,11,13,16H,3-5,8-10,12,14H2,1-2H3/t16-/m0/s1. The second kappa shape index (κ2) is 8.22. The van der Waals surface area contributed by atoms with Crippen LogP contribution in [0.3, 0.4) is 0 Å². The van der Waals surface area contributed by atoms with Crippen molar-refractivity contribution < 1.29 is 18.7 Å². The fourth-order valence-corrected chi connectivity index (χ4v) is 4.01. The van der Waals surface area contributed by atoms with E-state index in [1.54, 1.807) is 7.11 Å². The summed E-state index contributed by atoms with van der Waals surface area (Å²) >= 11 is 0. The van der Waals surface area contributed by atoms with Crippen LogP contribution in [0.5, 0.6) is 11.5 Å². The number of amides is 1. The van der Waals surface area contributed by atoms with Crippen LogP contribution in [0.4, 0.5) is 0 Å². The van der Waals surface area contributed by atoms with Crippen molar-refractivity contribution in [3.63, 3.8) is 0 Å². The maximum Gasteiger partial charge on any atom is 0.275 e. The molecule has 0 saturated carbocycles. The largest absolute Gasteiger partial charge is 0.493 e. The number of carbonyl (C=O) groups is 1. The maximum atomic E-state index is 12.8. The van der Waals surface area contributed by atoms with Crippen LogP contribution in [0.1, 0.15) is 41.2 Å². The number of piperazine rings is 1. The van der Waals surface area contributed by atoms with Crippen LogP contribution in [0.15, 0.2) is 28.9 Å². The number of methoxy groups -OCH3 is 1. The Hall–Kier alpha value is -2.54. The number of ether oxygens (including phenoxy) is 2. The molecule has 1 amide bonds. The lowest BCUT2D eigenvalue weighted by Crippen LogP contribution is -2.56. The highest BCUT2D eigenvalue weighted by Gasteiger charge is 2.32. The molecule has 28 heavy (non-hydrogen) atoms. The van der Waals surface area contributed by atoms with Crippen molar-refractivity contribution in [3.05, 3.63) is 41.6 Å². The fourth-order valence-electron chi connectivity index (χ4n) is 4.01. The number of piperidine rings is 1. The summed E-state index contributed by atoms with van der Waals surface area (Å²) in [6, 6.07) is 6.19. The highest BCUT2D eigenvalue weighted by molar-refractivity contribution is 5.92. The van der Waals surface area contributed by atoms with Gasteiger partial charge in [-0.25, -0.2) is 4.98 Å². The van der Waals surface area contributed by atoms with E-state index in [4.69, 9.17) is 13.9 Å². The van der Waals surface area contributed by atoms with Gasteiger partial charge in [0.2, 0.25) is 5.89 Å². The minimum absolute atomic E-state index is 0.0619. The second-order valence-corrected chi connectivity index (χ2v) is 7.51. The summed E-state index contributed by atoms with van der Waals surface area (Å²) in [4.78, 5) is 21.6. The Labute approximate surface area is 165 Å². The monoisotopic (exact) mass is 385 g/mol. The van der Waals surface area contributed by atoms with Crippen molar-refractivity contribution in [3.8, 4) is 11.5 Å². The van der Waals surface area contributed by atoms with Gasteiger partial charge < -0.3 is 18.8 Å². The van der Waals surface area contributed by atoms with Crippen LogP contribution in [-0.4, -0.2) is 60.0 Å². The van der Waals surface area contributed by atoms with Crippen LogP contribution in [0.25, 0.3) is 0 Å². The Balaban J connectivity index is 1.37. The minimum atomic E-state index is -0.0619. The molecule has 2 aliphatic rings. The molecule has 7 heteroatoms. The summed E-state index contributed by atoms with van der Waals surface area (Å²) in [7, 11) is 1.61. The highest BCUT2D eigenvalue weighted by Crippen LogP contribution is 2.28. The van der Waals surface area contributed by atoms with E-state index < -0.39 is 0 Å². The molecule has 2 saturated heterocycles. The van der Waals surface area contributed by atoms with Gasteiger partial charge in [-0.15, -0.1) is 0 Å². The molecule has 0 aliphatic carbocycles. The zero-order valence-electron chi connectivity index (χ0n) is 16.5. The Kier molecular flexibility index (Phi) is 5.52. The van der Waals surface area contributed by atoms with Crippen LogP contribution >= 0.6 is 0 Å². The average molecular weight is 385 g/mol. The molecule has 3 heterocycles. The molecule has 1 atom stereocenters. The third-order valence-electron chi connectivity index (χ3n) is 5.57. The van der Waals surface area contributed by atoms with Gasteiger partial charge in [0.15, 0.2) is 23.8 Å². The van der Waals surface area contributed by atoms with Crippen molar-refractivity contribution in [2.45, 2.75) is 38.8 Å². The predicted octanol–water partition coefficient (Wildman–Crippen LogP) is 2.88. The van der Waals surface area contributed by atoms with E-state index in [-0.39, 0.29) is 12.5 Å². The van der Waals surface area contributed by atoms with Crippen molar-refractivity contribution in [1.82, 2.24) is 14.8 Å². The van der Waals surface area contributed by atoms with E-state index in [0.717, 1.165) is 31.7 Å². The molecule has 4 rings (SSSR count). The second-order valence-electron chi connectivity index (χ2n) is 7.51. The van der Waals surface area contributed by atoms with E-state index in [1.165, 1.54) is 25.5 Å². The molecule has 1 aromatic heterocycles. The zero-order valence-corrected chi connectivity index (χ0v) is 16.5.